The maximum absolute atomic E-state index is 12.5. The lowest BCUT2D eigenvalue weighted by Gasteiger charge is -2.16. The molecule has 2 aromatic carbocycles. The maximum Gasteiger partial charge on any atom is 0.296 e. The second kappa shape index (κ2) is 8.33. The van der Waals surface area contributed by atoms with Crippen LogP contribution in [0.3, 0.4) is 0 Å². The lowest BCUT2D eigenvalue weighted by molar-refractivity contribution is -0.384. The number of amides is 1. The van der Waals surface area contributed by atoms with Crippen molar-refractivity contribution >= 4 is 23.0 Å². The van der Waals surface area contributed by atoms with Gasteiger partial charge in [0.25, 0.3) is 11.6 Å². The number of nitrogens with zero attached hydrogens (tertiary/aromatic N) is 2. The van der Waals surface area contributed by atoms with Crippen LogP contribution in [0.15, 0.2) is 36.4 Å². The minimum atomic E-state index is -0.533. The highest BCUT2D eigenvalue weighted by Gasteiger charge is 2.18. The molecule has 26 heavy (non-hydrogen) atoms. The van der Waals surface area contributed by atoms with Crippen molar-refractivity contribution in [3.8, 4) is 5.75 Å². The van der Waals surface area contributed by atoms with Gasteiger partial charge < -0.3 is 15.0 Å². The normalized spacial score (nSPS) is 10.3. The molecule has 0 saturated heterocycles. The Balaban J connectivity index is 2.25. The summed E-state index contributed by atoms with van der Waals surface area (Å²) in [4.78, 5) is 25.3. The monoisotopic (exact) mass is 357 g/mol. The van der Waals surface area contributed by atoms with Gasteiger partial charge in [0.05, 0.1) is 17.6 Å². The van der Waals surface area contributed by atoms with Gasteiger partial charge in [0.15, 0.2) is 0 Å². The van der Waals surface area contributed by atoms with Crippen LogP contribution in [-0.4, -0.2) is 31.5 Å². The third kappa shape index (κ3) is 4.50. The average Bonchev–Trinajstić information content (AvgIpc) is 2.60. The molecule has 138 valence electrons. The summed E-state index contributed by atoms with van der Waals surface area (Å²) in [6.45, 7) is 4.33. The fraction of sp³-hybridized carbons (Fsp3) is 0.316. The Hall–Kier alpha value is -3.09. The van der Waals surface area contributed by atoms with Crippen LogP contribution >= 0.6 is 0 Å². The highest BCUT2D eigenvalue weighted by atomic mass is 16.6. The second-order valence-electron chi connectivity index (χ2n) is 6.13. The number of benzene rings is 2. The molecule has 0 fully saturated rings. The molecule has 1 amide bonds. The molecule has 0 radical (unpaired) electrons. The van der Waals surface area contributed by atoms with Crippen molar-refractivity contribution in [1.82, 2.24) is 0 Å². The van der Waals surface area contributed by atoms with Gasteiger partial charge in [-0.25, -0.2) is 0 Å². The van der Waals surface area contributed by atoms with Crippen LogP contribution in [0.2, 0.25) is 0 Å². The predicted molar refractivity (Wildman–Crippen MR) is 102 cm³/mol. The Morgan fingerprint density at radius 2 is 1.96 bits per heavy atom. The van der Waals surface area contributed by atoms with Gasteiger partial charge in [-0.2, -0.15) is 0 Å². The van der Waals surface area contributed by atoms with Crippen molar-refractivity contribution in [3.63, 3.8) is 0 Å². The van der Waals surface area contributed by atoms with Gasteiger partial charge >= 0.3 is 0 Å². The molecule has 0 saturated carbocycles. The highest BCUT2D eigenvalue weighted by Crippen LogP contribution is 2.30. The lowest BCUT2D eigenvalue weighted by Crippen LogP contribution is -2.15. The van der Waals surface area contributed by atoms with E-state index in [9.17, 15) is 14.9 Å². The third-order valence-corrected chi connectivity index (χ3v) is 3.83. The van der Waals surface area contributed by atoms with Crippen LogP contribution in [-0.2, 0) is 0 Å². The van der Waals surface area contributed by atoms with Crippen molar-refractivity contribution in [2.75, 3.05) is 30.9 Å². The SMILES string of the molecule is CCCOc1ccc(NC(=O)c2ccc(N(C)C)c(C)c2)c([N+](=O)[O-])c1. The summed E-state index contributed by atoms with van der Waals surface area (Å²) in [5.74, 6) is 0.00598. The van der Waals surface area contributed by atoms with Crippen molar-refractivity contribution in [2.45, 2.75) is 20.3 Å². The van der Waals surface area contributed by atoms with Crippen molar-refractivity contribution < 1.29 is 14.5 Å². The Kier molecular flexibility index (Phi) is 6.16. The van der Waals surface area contributed by atoms with E-state index in [2.05, 4.69) is 5.32 Å². The molecule has 0 atom stereocenters. The summed E-state index contributed by atoms with van der Waals surface area (Å²) in [5.41, 5.74) is 2.32. The first-order chi connectivity index (χ1) is 12.3. The van der Waals surface area contributed by atoms with E-state index in [0.717, 1.165) is 17.7 Å². The zero-order valence-corrected chi connectivity index (χ0v) is 15.4. The van der Waals surface area contributed by atoms with E-state index in [1.165, 1.54) is 12.1 Å². The quantitative estimate of drug-likeness (QED) is 0.598. The molecule has 0 aliphatic rings. The molecule has 0 aliphatic carbocycles. The average molecular weight is 357 g/mol. The summed E-state index contributed by atoms with van der Waals surface area (Å²) in [6, 6.07) is 9.73. The number of rotatable bonds is 7. The van der Waals surface area contributed by atoms with Gasteiger partial charge in [-0.05, 0) is 49.2 Å². The van der Waals surface area contributed by atoms with E-state index in [0.29, 0.717) is 17.9 Å². The molecular formula is C19H23N3O4. The first kappa shape index (κ1) is 19.2. The Labute approximate surface area is 152 Å². The highest BCUT2D eigenvalue weighted by molar-refractivity contribution is 6.05. The maximum atomic E-state index is 12.5. The number of nitrogens with one attached hydrogen (secondary N) is 1. The van der Waals surface area contributed by atoms with Crippen LogP contribution in [0.5, 0.6) is 5.75 Å². The number of ether oxygens (including phenoxy) is 1. The molecule has 0 bridgehead atoms. The third-order valence-electron chi connectivity index (χ3n) is 3.83. The minimum Gasteiger partial charge on any atom is -0.493 e. The number of hydrogen-bond donors (Lipinski definition) is 1. The largest absolute Gasteiger partial charge is 0.493 e. The molecule has 0 unspecified atom stereocenters. The van der Waals surface area contributed by atoms with Crippen LogP contribution in [0.25, 0.3) is 0 Å². The number of carbonyl (C=O) groups is 1. The second-order valence-corrected chi connectivity index (χ2v) is 6.13. The fourth-order valence-corrected chi connectivity index (χ4v) is 2.57. The summed E-state index contributed by atoms with van der Waals surface area (Å²) in [6.07, 6.45) is 0.800. The number of nitro benzene ring substituents is 1. The lowest BCUT2D eigenvalue weighted by atomic mass is 10.1. The van der Waals surface area contributed by atoms with Crippen molar-refractivity contribution in [2.24, 2.45) is 0 Å². The molecule has 0 spiro atoms. The first-order valence-corrected chi connectivity index (χ1v) is 8.34. The minimum absolute atomic E-state index is 0.137. The van der Waals surface area contributed by atoms with Crippen molar-refractivity contribution in [1.29, 1.82) is 0 Å². The van der Waals surface area contributed by atoms with Crippen LogP contribution in [0.1, 0.15) is 29.3 Å². The molecule has 0 aliphatic heterocycles. The summed E-state index contributed by atoms with van der Waals surface area (Å²) < 4.78 is 5.42. The Morgan fingerprint density at radius 1 is 1.23 bits per heavy atom. The molecule has 7 heteroatoms. The molecule has 0 heterocycles. The van der Waals surface area contributed by atoms with Gasteiger partial charge in [0.1, 0.15) is 11.4 Å². The molecule has 2 rings (SSSR count). The first-order valence-electron chi connectivity index (χ1n) is 8.34. The number of nitro groups is 1. The van der Waals surface area contributed by atoms with E-state index in [4.69, 9.17) is 4.74 Å². The van der Waals surface area contributed by atoms with Gasteiger partial charge in [-0.3, -0.25) is 14.9 Å². The number of hydrogen-bond acceptors (Lipinski definition) is 5. The van der Waals surface area contributed by atoms with Gasteiger partial charge in [0, 0.05) is 25.3 Å². The zero-order valence-electron chi connectivity index (χ0n) is 15.4. The predicted octanol–water partition coefficient (Wildman–Crippen LogP) is 4.01. The Morgan fingerprint density at radius 3 is 2.54 bits per heavy atom. The van der Waals surface area contributed by atoms with Crippen LogP contribution < -0.4 is 15.0 Å². The van der Waals surface area contributed by atoms with E-state index in [1.807, 2.05) is 38.9 Å². The van der Waals surface area contributed by atoms with Crippen LogP contribution in [0.4, 0.5) is 17.1 Å². The molecular weight excluding hydrogens is 334 g/mol. The van der Waals surface area contributed by atoms with Crippen LogP contribution in [0, 0.1) is 17.0 Å². The summed E-state index contributed by atoms with van der Waals surface area (Å²) >= 11 is 0. The standard InChI is InChI=1S/C19H23N3O4/c1-5-10-26-15-7-8-16(18(12-15)22(24)25)20-19(23)14-6-9-17(21(3)4)13(2)11-14/h6-9,11-12H,5,10H2,1-4H3,(H,20,23). The molecule has 1 N–H and O–H groups in total. The Bertz CT molecular complexity index is 818. The smallest absolute Gasteiger partial charge is 0.296 e. The van der Waals surface area contributed by atoms with E-state index in [-0.39, 0.29) is 11.4 Å². The van der Waals surface area contributed by atoms with Crippen molar-refractivity contribution in [3.05, 3.63) is 57.6 Å². The molecule has 0 aromatic heterocycles. The molecule has 7 nitrogen and oxygen atoms in total. The van der Waals surface area contributed by atoms with Gasteiger partial charge in [-0.1, -0.05) is 6.92 Å². The number of carbonyl (C=O) groups excluding carboxylic acids is 1. The zero-order chi connectivity index (χ0) is 19.3. The number of aryl methyl sites for hydroxylation is 1. The van der Waals surface area contributed by atoms with E-state index < -0.39 is 10.8 Å². The summed E-state index contributed by atoms with van der Waals surface area (Å²) in [7, 11) is 3.85. The topological polar surface area (TPSA) is 84.7 Å². The molecule has 2 aromatic rings. The van der Waals surface area contributed by atoms with Gasteiger partial charge in [0.2, 0.25) is 0 Å². The fourth-order valence-electron chi connectivity index (χ4n) is 2.57. The van der Waals surface area contributed by atoms with Gasteiger partial charge in [-0.15, -0.1) is 0 Å². The number of anilines is 2. The summed E-state index contributed by atoms with van der Waals surface area (Å²) in [5, 5.41) is 14.0. The van der Waals surface area contributed by atoms with E-state index >= 15 is 0 Å². The van der Waals surface area contributed by atoms with E-state index in [1.54, 1.807) is 18.2 Å².